The summed E-state index contributed by atoms with van der Waals surface area (Å²) >= 11 is 0. The van der Waals surface area contributed by atoms with E-state index < -0.39 is 12.0 Å². The van der Waals surface area contributed by atoms with Crippen LogP contribution in [0.1, 0.15) is 22.9 Å². The molecule has 1 aromatic carbocycles. The minimum absolute atomic E-state index is 0.342. The van der Waals surface area contributed by atoms with Gasteiger partial charge in [-0.15, -0.1) is 0 Å². The first-order chi connectivity index (χ1) is 10.1. The minimum atomic E-state index is -0.642. The largest absolute Gasteiger partial charge is 0.468 e. The van der Waals surface area contributed by atoms with Crippen molar-refractivity contribution in [2.75, 3.05) is 7.11 Å². The molecule has 0 aliphatic carbocycles. The maximum Gasteiger partial charge on any atom is 0.327 e. The molecule has 0 amide bonds. The molecule has 0 saturated carbocycles. The Morgan fingerprint density at radius 3 is 2.57 bits per heavy atom. The third-order valence-corrected chi connectivity index (χ3v) is 3.12. The molecule has 1 heterocycles. The van der Waals surface area contributed by atoms with E-state index in [1.807, 2.05) is 19.1 Å². The normalized spacial score (nSPS) is 12.0. The molecule has 2 aromatic rings. The van der Waals surface area contributed by atoms with Gasteiger partial charge in [-0.3, -0.25) is 10.3 Å². The predicted octanol–water partition coefficient (Wildman–Crippen LogP) is 2.53. The van der Waals surface area contributed by atoms with E-state index in [4.69, 9.17) is 4.74 Å². The van der Waals surface area contributed by atoms with E-state index >= 15 is 0 Å². The van der Waals surface area contributed by atoms with Gasteiger partial charge in [0.2, 0.25) is 0 Å². The zero-order valence-electron chi connectivity index (χ0n) is 12.0. The number of carbonyl (C=O) groups excluding carboxylic acids is 1. The lowest BCUT2D eigenvalue weighted by atomic mass is 10.1. The summed E-state index contributed by atoms with van der Waals surface area (Å²) in [6.45, 7) is 2.37. The van der Waals surface area contributed by atoms with Crippen molar-refractivity contribution in [3.8, 4) is 0 Å². The molecular weight excluding hydrogens is 271 g/mol. The Balaban J connectivity index is 2.11. The zero-order chi connectivity index (χ0) is 15.2. The number of nitrogens with one attached hydrogen (secondary N) is 1. The monoisotopic (exact) mass is 288 g/mol. The number of benzene rings is 1. The van der Waals surface area contributed by atoms with Crippen LogP contribution < -0.4 is 5.32 Å². The van der Waals surface area contributed by atoms with E-state index in [1.165, 1.54) is 19.2 Å². The Hall–Kier alpha value is -2.27. The van der Waals surface area contributed by atoms with Crippen molar-refractivity contribution in [2.45, 2.75) is 19.5 Å². The van der Waals surface area contributed by atoms with Gasteiger partial charge in [0, 0.05) is 18.4 Å². The fraction of sp³-hybridized carbons (Fsp3) is 0.250. The molecule has 0 fully saturated rings. The Kier molecular flexibility index (Phi) is 5.00. The van der Waals surface area contributed by atoms with Crippen molar-refractivity contribution in [1.82, 2.24) is 10.3 Å². The van der Waals surface area contributed by atoms with Crippen molar-refractivity contribution in [1.29, 1.82) is 0 Å². The molecule has 110 valence electrons. The second kappa shape index (κ2) is 6.95. The molecule has 2 rings (SSSR count). The molecule has 1 N–H and O–H groups in total. The Bertz CT molecular complexity index is 597. The quantitative estimate of drug-likeness (QED) is 0.859. The average Bonchev–Trinajstić information content (AvgIpc) is 2.50. The summed E-state index contributed by atoms with van der Waals surface area (Å²) < 4.78 is 17.8. The van der Waals surface area contributed by atoms with Gasteiger partial charge in [0.25, 0.3) is 0 Å². The molecule has 0 unspecified atom stereocenters. The van der Waals surface area contributed by atoms with Gasteiger partial charge in [0.1, 0.15) is 11.9 Å². The summed E-state index contributed by atoms with van der Waals surface area (Å²) in [6.07, 6.45) is 1.75. The number of methoxy groups -OCH3 is 1. The van der Waals surface area contributed by atoms with Crippen LogP contribution in [-0.4, -0.2) is 18.1 Å². The molecule has 21 heavy (non-hydrogen) atoms. The van der Waals surface area contributed by atoms with E-state index in [0.29, 0.717) is 12.1 Å². The van der Waals surface area contributed by atoms with Crippen LogP contribution in [0.2, 0.25) is 0 Å². The molecule has 4 nitrogen and oxygen atoms in total. The summed E-state index contributed by atoms with van der Waals surface area (Å²) in [5.41, 5.74) is 2.54. The first-order valence-corrected chi connectivity index (χ1v) is 6.58. The van der Waals surface area contributed by atoms with Crippen LogP contribution in [0.25, 0.3) is 0 Å². The van der Waals surface area contributed by atoms with Gasteiger partial charge in [0.05, 0.1) is 7.11 Å². The van der Waals surface area contributed by atoms with Gasteiger partial charge < -0.3 is 4.74 Å². The van der Waals surface area contributed by atoms with E-state index in [2.05, 4.69) is 10.3 Å². The van der Waals surface area contributed by atoms with Crippen LogP contribution >= 0.6 is 0 Å². The smallest absolute Gasteiger partial charge is 0.327 e. The highest BCUT2D eigenvalue weighted by Crippen LogP contribution is 2.16. The molecular formula is C16H17FN2O2. The van der Waals surface area contributed by atoms with Gasteiger partial charge in [0.15, 0.2) is 0 Å². The third kappa shape index (κ3) is 4.10. The van der Waals surface area contributed by atoms with E-state index in [0.717, 1.165) is 11.3 Å². The number of pyridine rings is 1. The molecule has 1 aromatic heterocycles. The van der Waals surface area contributed by atoms with Crippen molar-refractivity contribution < 1.29 is 13.9 Å². The standard InChI is InChI=1S/C16H17FN2O2/c1-11-3-4-12(9-18-11)10-19-15(16(20)21-2)13-5-7-14(17)8-6-13/h3-9,15,19H,10H2,1-2H3/t15-/m0/s1. The van der Waals surface area contributed by atoms with Crippen molar-refractivity contribution in [3.05, 3.63) is 65.2 Å². The number of hydrogen-bond donors (Lipinski definition) is 1. The predicted molar refractivity (Wildman–Crippen MR) is 77.0 cm³/mol. The number of ether oxygens (including phenoxy) is 1. The Labute approximate surface area is 123 Å². The van der Waals surface area contributed by atoms with Crippen LogP contribution in [0.5, 0.6) is 0 Å². The number of aryl methyl sites for hydroxylation is 1. The summed E-state index contributed by atoms with van der Waals surface area (Å²) in [6, 6.07) is 8.98. The maximum atomic E-state index is 13.0. The lowest BCUT2D eigenvalue weighted by Crippen LogP contribution is -2.29. The topological polar surface area (TPSA) is 51.2 Å². The van der Waals surface area contributed by atoms with Crippen LogP contribution in [0.4, 0.5) is 4.39 Å². The summed E-state index contributed by atoms with van der Waals surface area (Å²) in [7, 11) is 1.33. The van der Waals surface area contributed by atoms with Crippen molar-refractivity contribution in [2.24, 2.45) is 0 Å². The summed E-state index contributed by atoms with van der Waals surface area (Å²) in [5, 5.41) is 3.10. The second-order valence-electron chi connectivity index (χ2n) is 4.70. The number of hydrogen-bond acceptors (Lipinski definition) is 4. The van der Waals surface area contributed by atoms with Gasteiger partial charge in [-0.25, -0.2) is 9.18 Å². The zero-order valence-corrected chi connectivity index (χ0v) is 12.0. The van der Waals surface area contributed by atoms with Crippen LogP contribution in [0.15, 0.2) is 42.6 Å². The van der Waals surface area contributed by atoms with Gasteiger partial charge in [-0.05, 0) is 36.2 Å². The molecule has 0 spiro atoms. The first kappa shape index (κ1) is 15.1. The minimum Gasteiger partial charge on any atom is -0.468 e. The average molecular weight is 288 g/mol. The van der Waals surface area contributed by atoms with Gasteiger partial charge in [-0.2, -0.15) is 0 Å². The Morgan fingerprint density at radius 2 is 2.00 bits per heavy atom. The number of aromatic nitrogens is 1. The maximum absolute atomic E-state index is 13.0. The molecule has 5 heteroatoms. The lowest BCUT2D eigenvalue weighted by Gasteiger charge is -2.17. The van der Waals surface area contributed by atoms with Crippen LogP contribution in [0, 0.1) is 12.7 Å². The van der Waals surface area contributed by atoms with Crippen LogP contribution in [-0.2, 0) is 16.1 Å². The fourth-order valence-electron chi connectivity index (χ4n) is 1.93. The van der Waals surface area contributed by atoms with Crippen LogP contribution in [0.3, 0.4) is 0 Å². The van der Waals surface area contributed by atoms with Crippen molar-refractivity contribution >= 4 is 5.97 Å². The molecule has 1 atom stereocenters. The SMILES string of the molecule is COC(=O)[C@@H](NCc1ccc(C)nc1)c1ccc(F)cc1. The van der Waals surface area contributed by atoms with Gasteiger partial charge in [-0.1, -0.05) is 18.2 Å². The molecule has 0 aliphatic rings. The Morgan fingerprint density at radius 1 is 1.29 bits per heavy atom. The molecule has 0 aliphatic heterocycles. The second-order valence-corrected chi connectivity index (χ2v) is 4.70. The highest BCUT2D eigenvalue weighted by molar-refractivity contribution is 5.77. The lowest BCUT2D eigenvalue weighted by molar-refractivity contribution is -0.143. The fourth-order valence-corrected chi connectivity index (χ4v) is 1.93. The number of nitrogens with zero attached hydrogens (tertiary/aromatic N) is 1. The van der Waals surface area contributed by atoms with Gasteiger partial charge >= 0.3 is 5.97 Å². The van der Waals surface area contributed by atoms with E-state index in [-0.39, 0.29) is 5.82 Å². The number of carbonyl (C=O) groups is 1. The summed E-state index contributed by atoms with van der Waals surface area (Å²) in [5.74, 6) is -0.758. The highest BCUT2D eigenvalue weighted by Gasteiger charge is 2.20. The number of rotatable bonds is 5. The molecule has 0 saturated heterocycles. The third-order valence-electron chi connectivity index (χ3n) is 3.12. The number of halogens is 1. The van der Waals surface area contributed by atoms with E-state index in [1.54, 1.807) is 18.3 Å². The van der Waals surface area contributed by atoms with Crippen molar-refractivity contribution in [3.63, 3.8) is 0 Å². The first-order valence-electron chi connectivity index (χ1n) is 6.58. The summed E-state index contributed by atoms with van der Waals surface area (Å²) in [4.78, 5) is 16.1. The van der Waals surface area contributed by atoms with E-state index in [9.17, 15) is 9.18 Å². The number of esters is 1. The molecule has 0 radical (unpaired) electrons. The highest BCUT2D eigenvalue weighted by atomic mass is 19.1. The molecule has 0 bridgehead atoms.